The minimum atomic E-state index is -4.34. The number of nitrogens with one attached hydrogen (secondary N) is 1. The molecule has 12 nitrogen and oxygen atoms in total. The Morgan fingerprint density at radius 3 is 2.42 bits per heavy atom. The maximum atomic E-state index is 13.2. The molecule has 1 unspecified atom stereocenters. The average molecular weight is 567 g/mol. The number of carbonyl (C=O) groups excluding carboxylic acids is 1. The summed E-state index contributed by atoms with van der Waals surface area (Å²) in [6.07, 6.45) is -0.440. The zero-order valence-corrected chi connectivity index (χ0v) is 22.4. The van der Waals surface area contributed by atoms with Crippen molar-refractivity contribution in [2.24, 2.45) is 0 Å². The van der Waals surface area contributed by atoms with Crippen LogP contribution in [0.1, 0.15) is 12.0 Å². The highest BCUT2D eigenvalue weighted by atomic mass is 32.2. The normalized spacial score (nSPS) is 12.1. The number of methoxy groups -OCH3 is 2. The summed E-state index contributed by atoms with van der Waals surface area (Å²) in [5.41, 5.74) is 0.786. The Morgan fingerprint density at radius 2 is 1.75 bits per heavy atom. The minimum Gasteiger partial charge on any atom is -0.497 e. The zero-order chi connectivity index (χ0) is 28.9. The lowest BCUT2D eigenvalue weighted by Gasteiger charge is -2.15. The molecule has 1 atom stereocenters. The summed E-state index contributed by atoms with van der Waals surface area (Å²) in [5.74, 6) is -0.878. The first kappa shape index (κ1) is 28.2. The third-order valence-electron chi connectivity index (χ3n) is 6.19. The molecule has 1 heterocycles. The first-order chi connectivity index (χ1) is 19.1. The average Bonchev–Trinajstić information content (AvgIpc) is 2.94. The monoisotopic (exact) mass is 566 g/mol. The molecule has 208 valence electrons. The number of carboxylic acid groups (broad SMARTS) is 1. The molecule has 0 bridgehead atoms. The second-order valence-electron chi connectivity index (χ2n) is 8.72. The number of hydrogen-bond donors (Lipinski definition) is 2. The van der Waals surface area contributed by atoms with E-state index in [-0.39, 0.29) is 29.2 Å². The van der Waals surface area contributed by atoms with Gasteiger partial charge in [0.25, 0.3) is 5.56 Å². The van der Waals surface area contributed by atoms with E-state index in [4.69, 9.17) is 9.47 Å². The third kappa shape index (κ3) is 6.10. The first-order valence-electron chi connectivity index (χ1n) is 12.0. The van der Waals surface area contributed by atoms with Gasteiger partial charge in [0.2, 0.25) is 5.91 Å². The van der Waals surface area contributed by atoms with Crippen LogP contribution in [0.25, 0.3) is 10.9 Å². The number of benzene rings is 3. The number of nitrogens with zero attached hydrogens (tertiary/aromatic N) is 3. The van der Waals surface area contributed by atoms with Crippen LogP contribution in [0.3, 0.4) is 0 Å². The lowest BCUT2D eigenvalue weighted by atomic mass is 10.1. The smallest absolute Gasteiger partial charge is 0.322 e. The summed E-state index contributed by atoms with van der Waals surface area (Å²) in [5, 5.41) is 18.6. The molecular weight excluding hydrogens is 540 g/mol. The van der Waals surface area contributed by atoms with E-state index in [1.807, 2.05) is 0 Å². The molecule has 0 aliphatic carbocycles. The van der Waals surface area contributed by atoms with Gasteiger partial charge < -0.3 is 19.9 Å². The molecule has 0 saturated carbocycles. The summed E-state index contributed by atoms with van der Waals surface area (Å²) in [4.78, 5) is 37.0. The van der Waals surface area contributed by atoms with Gasteiger partial charge in [0.15, 0.2) is 15.1 Å². The quantitative estimate of drug-likeness (QED) is 0.275. The van der Waals surface area contributed by atoms with Crippen molar-refractivity contribution in [1.82, 2.24) is 15.0 Å². The third-order valence-corrected chi connectivity index (χ3v) is 8.30. The van der Waals surface area contributed by atoms with Gasteiger partial charge in [-0.25, -0.2) is 13.1 Å². The predicted octanol–water partition coefficient (Wildman–Crippen LogP) is 2.31. The predicted molar refractivity (Wildman–Crippen MR) is 145 cm³/mol. The molecule has 4 aromatic rings. The van der Waals surface area contributed by atoms with Crippen molar-refractivity contribution >= 4 is 38.3 Å². The van der Waals surface area contributed by atoms with E-state index in [0.717, 1.165) is 4.68 Å². The Balaban J connectivity index is 1.47. The van der Waals surface area contributed by atoms with Gasteiger partial charge in [-0.2, -0.15) is 0 Å². The molecule has 13 heteroatoms. The largest absolute Gasteiger partial charge is 0.497 e. The fraction of sp³-hybridized carbons (Fsp3) is 0.222. The summed E-state index contributed by atoms with van der Waals surface area (Å²) in [7, 11) is -1.35. The summed E-state index contributed by atoms with van der Waals surface area (Å²) >= 11 is 0. The Kier molecular flexibility index (Phi) is 8.43. The number of aliphatic carboxylic acids is 1. The minimum absolute atomic E-state index is 0.0292. The number of sulfone groups is 1. The van der Waals surface area contributed by atoms with Crippen molar-refractivity contribution in [3.05, 3.63) is 82.6 Å². The highest BCUT2D eigenvalue weighted by Gasteiger charge is 2.34. The van der Waals surface area contributed by atoms with E-state index in [2.05, 4.69) is 15.6 Å². The van der Waals surface area contributed by atoms with Crippen LogP contribution >= 0.6 is 0 Å². The van der Waals surface area contributed by atoms with Gasteiger partial charge in [0.05, 0.1) is 30.9 Å². The lowest BCUT2D eigenvalue weighted by molar-refractivity contribution is -0.136. The second kappa shape index (κ2) is 11.9. The van der Waals surface area contributed by atoms with Gasteiger partial charge in [-0.15, -0.1) is 5.10 Å². The van der Waals surface area contributed by atoms with Crippen LogP contribution in [0.15, 0.2) is 76.4 Å². The van der Waals surface area contributed by atoms with Crippen molar-refractivity contribution in [3.8, 4) is 11.5 Å². The summed E-state index contributed by atoms with van der Waals surface area (Å²) in [6.45, 7) is -0.269. The van der Waals surface area contributed by atoms with Gasteiger partial charge in [-0.3, -0.25) is 14.4 Å². The van der Waals surface area contributed by atoms with Crippen LogP contribution in [0.2, 0.25) is 0 Å². The van der Waals surface area contributed by atoms with Gasteiger partial charge >= 0.3 is 5.97 Å². The van der Waals surface area contributed by atoms with Crippen LogP contribution in [0.5, 0.6) is 11.5 Å². The number of carboxylic acids is 1. The second-order valence-corrected chi connectivity index (χ2v) is 10.9. The number of anilines is 1. The van der Waals surface area contributed by atoms with Gasteiger partial charge in [0.1, 0.15) is 17.0 Å². The highest BCUT2D eigenvalue weighted by Crippen LogP contribution is 2.25. The van der Waals surface area contributed by atoms with Crippen LogP contribution in [0, 0.1) is 0 Å². The highest BCUT2D eigenvalue weighted by molar-refractivity contribution is 7.92. The van der Waals surface area contributed by atoms with E-state index in [0.29, 0.717) is 28.3 Å². The van der Waals surface area contributed by atoms with Crippen molar-refractivity contribution < 1.29 is 32.6 Å². The maximum absolute atomic E-state index is 13.2. The number of aromatic nitrogens is 3. The van der Waals surface area contributed by atoms with E-state index in [1.54, 1.807) is 42.5 Å². The maximum Gasteiger partial charge on any atom is 0.322 e. The SMILES string of the molecule is COc1ccc(OC)c(CC(=O)Nc2ccc(S(=O)(=O)C(CCn3nnc4ccccc4c3=O)C(=O)O)cc2)c1. The first-order valence-corrected chi connectivity index (χ1v) is 13.6. The molecule has 0 spiro atoms. The van der Waals surface area contributed by atoms with Crippen LogP contribution in [-0.2, 0) is 32.4 Å². The fourth-order valence-electron chi connectivity index (χ4n) is 4.11. The van der Waals surface area contributed by atoms with E-state index in [1.165, 1.54) is 38.5 Å². The van der Waals surface area contributed by atoms with Gasteiger partial charge in [-0.1, -0.05) is 17.3 Å². The van der Waals surface area contributed by atoms with E-state index < -0.39 is 33.0 Å². The molecule has 1 aromatic heterocycles. The molecular formula is C27H26N4O8S. The molecule has 0 fully saturated rings. The Morgan fingerprint density at radius 1 is 1.02 bits per heavy atom. The number of ether oxygens (including phenoxy) is 2. The van der Waals surface area contributed by atoms with Crippen molar-refractivity contribution in [2.75, 3.05) is 19.5 Å². The fourth-order valence-corrected chi connectivity index (χ4v) is 5.64. The van der Waals surface area contributed by atoms with Gasteiger partial charge in [0, 0.05) is 17.8 Å². The number of carbonyl (C=O) groups is 2. The topological polar surface area (TPSA) is 167 Å². The number of amides is 1. The zero-order valence-electron chi connectivity index (χ0n) is 21.6. The molecule has 3 aromatic carbocycles. The van der Waals surface area contributed by atoms with Crippen molar-refractivity contribution in [1.29, 1.82) is 0 Å². The van der Waals surface area contributed by atoms with Gasteiger partial charge in [-0.05, 0) is 61.0 Å². The molecule has 0 radical (unpaired) electrons. The molecule has 1 amide bonds. The standard InChI is InChI=1S/C27H26N4O8S/c1-38-19-9-12-23(39-2)17(15-19)16-25(32)28-18-7-10-20(11-8-18)40(36,37)24(27(34)35)13-14-31-26(33)21-5-3-4-6-22(21)29-30-31/h3-12,15,24H,13-14,16H2,1-2H3,(H,28,32)(H,34,35). The number of rotatable bonds is 11. The summed E-state index contributed by atoms with van der Waals surface area (Å²) < 4.78 is 37.8. The van der Waals surface area contributed by atoms with Crippen LogP contribution < -0.4 is 20.3 Å². The Hall–Kier alpha value is -4.78. The Labute approximate surface area is 229 Å². The lowest BCUT2D eigenvalue weighted by Crippen LogP contribution is -2.34. The number of hydrogen-bond acceptors (Lipinski definition) is 9. The molecule has 0 aliphatic rings. The molecule has 0 saturated heterocycles. The van der Waals surface area contributed by atoms with E-state index in [9.17, 15) is 27.9 Å². The van der Waals surface area contributed by atoms with Crippen LogP contribution in [0.4, 0.5) is 5.69 Å². The Bertz CT molecular complexity index is 1720. The van der Waals surface area contributed by atoms with Crippen molar-refractivity contribution in [3.63, 3.8) is 0 Å². The summed E-state index contributed by atoms with van der Waals surface area (Å²) in [6, 6.07) is 16.8. The molecule has 40 heavy (non-hydrogen) atoms. The van der Waals surface area contributed by atoms with E-state index >= 15 is 0 Å². The molecule has 4 rings (SSSR count). The van der Waals surface area contributed by atoms with Crippen LogP contribution in [-0.4, -0.2) is 59.9 Å². The number of aryl methyl sites for hydroxylation is 1. The number of fused-ring (bicyclic) bond motifs is 1. The molecule has 0 aliphatic heterocycles. The molecule has 2 N–H and O–H groups in total. The van der Waals surface area contributed by atoms with Crippen molar-refractivity contribution in [2.45, 2.75) is 29.5 Å².